The number of carbonyl (C=O) groups is 3. The molecule has 0 aromatic carbocycles. The van der Waals surface area contributed by atoms with Gasteiger partial charge in [-0.1, -0.05) is 0 Å². The molecule has 2 fully saturated rings. The zero-order valence-corrected chi connectivity index (χ0v) is 17.3. The zero-order chi connectivity index (χ0) is 22.0. The fraction of sp³-hybridized carbons (Fsp3) is 0.476. The standard InChI is InChI=1S/C21H26FN5O3/c1-11(2)15(22)8-26-21(30)18-7-13-6-17(13)27(18)19(29)10-25-16-9-24-5-4-14(16)20(23)12(3)28/h4-5,9,13,17-18,23,25H,6-8,10H2,1-3H3,(H,26,30)/t13-,17-,18+/m1/s1. The maximum atomic E-state index is 13.7. The Balaban J connectivity index is 1.65. The highest BCUT2D eigenvalue weighted by molar-refractivity contribution is 6.45. The van der Waals surface area contributed by atoms with Gasteiger partial charge in [0, 0.05) is 24.7 Å². The van der Waals surface area contributed by atoms with E-state index in [0.29, 0.717) is 29.2 Å². The first kappa shape index (κ1) is 21.6. The van der Waals surface area contributed by atoms with Gasteiger partial charge >= 0.3 is 0 Å². The highest BCUT2D eigenvalue weighted by Crippen LogP contribution is 2.47. The van der Waals surface area contributed by atoms with Crippen LogP contribution in [0.4, 0.5) is 10.1 Å². The Hall–Kier alpha value is -3.10. The molecule has 0 spiro atoms. The van der Waals surface area contributed by atoms with Gasteiger partial charge in [-0.2, -0.15) is 0 Å². The van der Waals surface area contributed by atoms with Crippen LogP contribution in [-0.4, -0.2) is 58.4 Å². The van der Waals surface area contributed by atoms with Crippen LogP contribution in [0.15, 0.2) is 29.9 Å². The van der Waals surface area contributed by atoms with Crippen molar-refractivity contribution in [3.63, 3.8) is 0 Å². The molecule has 0 radical (unpaired) electrons. The van der Waals surface area contributed by atoms with E-state index < -0.39 is 11.8 Å². The van der Waals surface area contributed by atoms with E-state index in [1.54, 1.807) is 18.7 Å². The van der Waals surface area contributed by atoms with Crippen LogP contribution in [0.25, 0.3) is 0 Å². The molecule has 8 nitrogen and oxygen atoms in total. The lowest BCUT2D eigenvalue weighted by Gasteiger charge is -2.27. The summed E-state index contributed by atoms with van der Waals surface area (Å²) in [4.78, 5) is 42.6. The molecule has 2 heterocycles. The van der Waals surface area contributed by atoms with Crippen molar-refractivity contribution in [3.8, 4) is 0 Å². The maximum absolute atomic E-state index is 13.7. The van der Waals surface area contributed by atoms with Crippen LogP contribution >= 0.6 is 0 Å². The monoisotopic (exact) mass is 415 g/mol. The largest absolute Gasteiger partial charge is 0.374 e. The van der Waals surface area contributed by atoms with Crippen LogP contribution < -0.4 is 10.6 Å². The van der Waals surface area contributed by atoms with E-state index in [2.05, 4.69) is 15.6 Å². The van der Waals surface area contributed by atoms with Crippen LogP contribution in [0.3, 0.4) is 0 Å². The minimum absolute atomic E-state index is 0.0345. The SMILES string of the molecule is CC(=O)C(=N)c1ccncc1NCC(=O)N1[C@@H]2C[C@@H]2C[C@H]1C(=O)NCC(F)=C(C)C. The molecular formula is C21H26FN5O3. The molecule has 2 aliphatic rings. The molecule has 3 atom stereocenters. The molecule has 1 aromatic rings. The average Bonchev–Trinajstić information content (AvgIpc) is 3.38. The number of Topliss-reactive ketones (excluding diaryl/α,β-unsaturated/α-hetero) is 1. The first-order valence-electron chi connectivity index (χ1n) is 9.89. The molecule has 3 rings (SSSR count). The lowest BCUT2D eigenvalue weighted by Crippen LogP contribution is -2.49. The number of nitrogens with zero attached hydrogens (tertiary/aromatic N) is 2. The van der Waals surface area contributed by atoms with Crippen molar-refractivity contribution >= 4 is 29.0 Å². The second kappa shape index (κ2) is 8.73. The van der Waals surface area contributed by atoms with E-state index in [9.17, 15) is 18.8 Å². The van der Waals surface area contributed by atoms with E-state index in [1.165, 1.54) is 25.4 Å². The van der Waals surface area contributed by atoms with Gasteiger partial charge in [-0.15, -0.1) is 0 Å². The van der Waals surface area contributed by atoms with Crippen molar-refractivity contribution in [3.05, 3.63) is 35.4 Å². The number of anilines is 1. The molecule has 1 aliphatic heterocycles. The number of halogens is 1. The molecule has 0 unspecified atom stereocenters. The third-order valence-electron chi connectivity index (χ3n) is 5.53. The zero-order valence-electron chi connectivity index (χ0n) is 17.3. The summed E-state index contributed by atoms with van der Waals surface area (Å²) in [5.41, 5.74) is 1.10. The van der Waals surface area contributed by atoms with Gasteiger partial charge in [0.2, 0.25) is 11.8 Å². The van der Waals surface area contributed by atoms with E-state index >= 15 is 0 Å². The topological polar surface area (TPSA) is 115 Å². The number of aromatic nitrogens is 1. The Kier molecular flexibility index (Phi) is 6.28. The Morgan fingerprint density at radius 2 is 1.97 bits per heavy atom. The number of pyridine rings is 1. The van der Waals surface area contributed by atoms with E-state index in [4.69, 9.17) is 5.41 Å². The van der Waals surface area contributed by atoms with Crippen molar-refractivity contribution in [2.75, 3.05) is 18.4 Å². The van der Waals surface area contributed by atoms with Gasteiger partial charge in [-0.05, 0) is 44.2 Å². The quantitative estimate of drug-likeness (QED) is 0.560. The molecule has 1 aromatic heterocycles. The van der Waals surface area contributed by atoms with Gasteiger partial charge in [0.15, 0.2) is 5.78 Å². The summed E-state index contributed by atoms with van der Waals surface area (Å²) in [6.45, 7) is 4.29. The minimum atomic E-state index is -0.614. The maximum Gasteiger partial charge on any atom is 0.243 e. The third-order valence-corrected chi connectivity index (χ3v) is 5.53. The van der Waals surface area contributed by atoms with E-state index in [0.717, 1.165) is 6.42 Å². The number of hydrogen-bond donors (Lipinski definition) is 3. The minimum Gasteiger partial charge on any atom is -0.374 e. The number of likely N-dealkylation sites (tertiary alicyclic amines) is 1. The molecule has 9 heteroatoms. The summed E-state index contributed by atoms with van der Waals surface area (Å²) in [6.07, 6.45) is 4.37. The predicted molar refractivity (Wildman–Crippen MR) is 110 cm³/mol. The number of fused-ring (bicyclic) bond motifs is 1. The number of hydrogen-bond acceptors (Lipinski definition) is 6. The highest BCUT2D eigenvalue weighted by Gasteiger charge is 2.55. The molecule has 30 heavy (non-hydrogen) atoms. The summed E-state index contributed by atoms with van der Waals surface area (Å²) < 4.78 is 13.7. The highest BCUT2D eigenvalue weighted by atomic mass is 19.1. The second-order valence-electron chi connectivity index (χ2n) is 7.94. The number of ketones is 1. The first-order valence-corrected chi connectivity index (χ1v) is 9.89. The lowest BCUT2D eigenvalue weighted by atomic mass is 10.1. The molecule has 0 bridgehead atoms. The fourth-order valence-electron chi connectivity index (χ4n) is 3.71. The van der Waals surface area contributed by atoms with Crippen molar-refractivity contribution in [2.45, 2.75) is 45.7 Å². The Bertz CT molecular complexity index is 925. The van der Waals surface area contributed by atoms with Crippen molar-refractivity contribution in [1.29, 1.82) is 5.41 Å². The van der Waals surface area contributed by atoms with Crippen LogP contribution in [0.1, 0.15) is 39.2 Å². The summed E-state index contributed by atoms with van der Waals surface area (Å²) >= 11 is 0. The van der Waals surface area contributed by atoms with E-state index in [1.807, 2.05) is 0 Å². The fourth-order valence-corrected chi connectivity index (χ4v) is 3.71. The summed E-state index contributed by atoms with van der Waals surface area (Å²) in [5.74, 6) is -1.09. The number of carbonyl (C=O) groups excluding carboxylic acids is 3. The number of amides is 2. The van der Waals surface area contributed by atoms with Gasteiger partial charge in [-0.3, -0.25) is 24.8 Å². The predicted octanol–water partition coefficient (Wildman–Crippen LogP) is 1.82. The van der Waals surface area contributed by atoms with Gasteiger partial charge < -0.3 is 15.5 Å². The van der Waals surface area contributed by atoms with Crippen molar-refractivity contribution < 1.29 is 18.8 Å². The van der Waals surface area contributed by atoms with Crippen molar-refractivity contribution in [2.24, 2.45) is 5.92 Å². The van der Waals surface area contributed by atoms with Crippen LogP contribution in [0.2, 0.25) is 0 Å². The summed E-state index contributed by atoms with van der Waals surface area (Å²) in [5, 5.41) is 13.4. The number of nitrogens with one attached hydrogen (secondary N) is 3. The molecule has 1 aliphatic carbocycles. The molecule has 160 valence electrons. The third kappa shape index (κ3) is 4.55. The molecule has 1 saturated heterocycles. The molecule has 3 N–H and O–H groups in total. The average molecular weight is 415 g/mol. The summed E-state index contributed by atoms with van der Waals surface area (Å²) in [7, 11) is 0. The molecule has 1 saturated carbocycles. The molecule has 2 amide bonds. The normalized spacial score (nSPS) is 21.5. The lowest BCUT2D eigenvalue weighted by molar-refractivity contribution is -0.138. The van der Waals surface area contributed by atoms with Crippen LogP contribution in [0, 0.1) is 11.3 Å². The number of piperidine rings is 1. The van der Waals surface area contributed by atoms with Gasteiger partial charge in [0.1, 0.15) is 17.6 Å². The van der Waals surface area contributed by atoms with Gasteiger partial charge in [0.05, 0.1) is 25.0 Å². The number of rotatable bonds is 8. The number of allylic oxidation sites excluding steroid dienone is 1. The van der Waals surface area contributed by atoms with Crippen LogP contribution in [0.5, 0.6) is 0 Å². The van der Waals surface area contributed by atoms with Crippen LogP contribution in [-0.2, 0) is 14.4 Å². The Morgan fingerprint density at radius 1 is 1.23 bits per heavy atom. The Morgan fingerprint density at radius 3 is 2.63 bits per heavy atom. The molecular weight excluding hydrogens is 389 g/mol. The smallest absolute Gasteiger partial charge is 0.243 e. The van der Waals surface area contributed by atoms with Gasteiger partial charge in [-0.25, -0.2) is 4.39 Å². The summed E-state index contributed by atoms with van der Waals surface area (Å²) in [6, 6.07) is 0.960. The van der Waals surface area contributed by atoms with Gasteiger partial charge in [0.25, 0.3) is 0 Å². The van der Waals surface area contributed by atoms with E-state index in [-0.39, 0.29) is 42.5 Å². The first-order chi connectivity index (χ1) is 14.2. The Labute approximate surface area is 174 Å². The second-order valence-corrected chi connectivity index (χ2v) is 7.94. The van der Waals surface area contributed by atoms with Crippen molar-refractivity contribution in [1.82, 2.24) is 15.2 Å².